The number of hydrogen-bond acceptors (Lipinski definition) is 5. The maximum Gasteiger partial charge on any atom is 0.326 e. The third kappa shape index (κ3) is 4.79. The van der Waals surface area contributed by atoms with Gasteiger partial charge in [-0.05, 0) is 37.5 Å². The highest BCUT2D eigenvalue weighted by atomic mass is 32.3. The van der Waals surface area contributed by atoms with Gasteiger partial charge >= 0.3 is 5.97 Å². The van der Waals surface area contributed by atoms with Gasteiger partial charge in [-0.3, -0.25) is 4.79 Å². The topological polar surface area (TPSA) is 121 Å². The molecule has 1 aliphatic rings. The Bertz CT molecular complexity index is 908. The van der Waals surface area contributed by atoms with Gasteiger partial charge in [-0.1, -0.05) is 6.07 Å². The molecule has 10 heteroatoms. The minimum absolute atomic E-state index is 0.0585. The summed E-state index contributed by atoms with van der Waals surface area (Å²) in [5, 5.41) is 9.28. The molecule has 1 unspecified atom stereocenters. The molecular formula is C15H20N2O6S2. The minimum atomic E-state index is -4.17. The van der Waals surface area contributed by atoms with Crippen LogP contribution in [0.4, 0.5) is 0 Å². The molecule has 1 atom stereocenters. The largest absolute Gasteiger partial charge is 0.480 e. The lowest BCUT2D eigenvalue weighted by atomic mass is 10.0. The molecular weight excluding hydrogens is 368 g/mol. The van der Waals surface area contributed by atoms with Gasteiger partial charge in [-0.2, -0.15) is 8.42 Å². The first kappa shape index (κ1) is 19.4. The lowest BCUT2D eigenvalue weighted by Gasteiger charge is -2.33. The van der Waals surface area contributed by atoms with Crippen molar-refractivity contribution in [3.8, 4) is 0 Å². The quantitative estimate of drug-likeness (QED) is 0.827. The summed E-state index contributed by atoms with van der Waals surface area (Å²) in [4.78, 5) is 25.0. The van der Waals surface area contributed by atoms with E-state index in [2.05, 4.69) is 3.77 Å². The van der Waals surface area contributed by atoms with E-state index in [1.807, 2.05) is 0 Å². The number of rotatable bonds is 4. The standard InChI is InChI=1S/C15H20N2O6S2/c1-24(2,21)16-25(22,23)12-7-5-6-11(10-12)14(18)17-9-4-3-8-13(17)15(19)20/h5-7,10,13H,3-4,8-9H2,1-2H3,(H,19,20). The summed E-state index contributed by atoms with van der Waals surface area (Å²) >= 11 is 0. The molecule has 8 nitrogen and oxygen atoms in total. The Morgan fingerprint density at radius 2 is 1.88 bits per heavy atom. The number of carbonyl (C=O) groups is 2. The third-order valence-corrected chi connectivity index (χ3v) is 6.78. The molecule has 25 heavy (non-hydrogen) atoms. The molecule has 1 saturated heterocycles. The van der Waals surface area contributed by atoms with Crippen molar-refractivity contribution in [2.45, 2.75) is 30.2 Å². The number of piperidine rings is 1. The average Bonchev–Trinajstić information content (AvgIpc) is 2.52. The predicted molar refractivity (Wildman–Crippen MR) is 92.4 cm³/mol. The van der Waals surface area contributed by atoms with E-state index < -0.39 is 37.7 Å². The van der Waals surface area contributed by atoms with Crippen LogP contribution in [0, 0.1) is 0 Å². The number of sulfonamides is 1. The molecule has 1 aromatic rings. The summed E-state index contributed by atoms with van der Waals surface area (Å²) < 4.78 is 39.4. The van der Waals surface area contributed by atoms with E-state index in [4.69, 9.17) is 0 Å². The molecule has 1 N–H and O–H groups in total. The zero-order valence-corrected chi connectivity index (χ0v) is 15.5. The number of carbonyl (C=O) groups excluding carboxylic acids is 1. The number of nitrogens with zero attached hydrogens (tertiary/aromatic N) is 2. The van der Waals surface area contributed by atoms with E-state index in [0.717, 1.165) is 12.5 Å². The van der Waals surface area contributed by atoms with E-state index in [1.165, 1.54) is 35.6 Å². The van der Waals surface area contributed by atoms with Crippen LogP contribution in [0.2, 0.25) is 0 Å². The van der Waals surface area contributed by atoms with E-state index in [-0.39, 0.29) is 10.5 Å². The summed E-state index contributed by atoms with van der Waals surface area (Å²) in [7, 11) is -7.06. The van der Waals surface area contributed by atoms with Crippen LogP contribution in [0.3, 0.4) is 0 Å². The fourth-order valence-corrected chi connectivity index (χ4v) is 5.43. The van der Waals surface area contributed by atoms with Gasteiger partial charge in [0.1, 0.15) is 6.04 Å². The molecule has 0 saturated carbocycles. The highest BCUT2D eigenvalue weighted by Gasteiger charge is 2.32. The van der Waals surface area contributed by atoms with Crippen LogP contribution in [-0.2, 0) is 24.5 Å². The van der Waals surface area contributed by atoms with Gasteiger partial charge in [0.2, 0.25) is 0 Å². The van der Waals surface area contributed by atoms with Gasteiger partial charge < -0.3 is 10.0 Å². The van der Waals surface area contributed by atoms with E-state index in [1.54, 1.807) is 0 Å². The van der Waals surface area contributed by atoms with Crippen molar-refractivity contribution in [2.75, 3.05) is 19.1 Å². The molecule has 138 valence electrons. The fraction of sp³-hybridized carbons (Fsp3) is 0.467. The first-order chi connectivity index (χ1) is 11.5. The summed E-state index contributed by atoms with van der Waals surface area (Å²) in [6.45, 7) is 0.300. The maximum atomic E-state index is 12.7. The molecule has 1 heterocycles. The van der Waals surface area contributed by atoms with Gasteiger partial charge in [0.15, 0.2) is 0 Å². The van der Waals surface area contributed by atoms with Crippen molar-refractivity contribution < 1.29 is 27.3 Å². The molecule has 1 aliphatic heterocycles. The van der Waals surface area contributed by atoms with Crippen molar-refractivity contribution in [2.24, 2.45) is 3.77 Å². The normalized spacial score (nSPS) is 18.6. The Balaban J connectivity index is 2.40. The van der Waals surface area contributed by atoms with Crippen molar-refractivity contribution in [3.63, 3.8) is 0 Å². The first-order valence-corrected chi connectivity index (χ1v) is 11.4. The SMILES string of the molecule is CS(C)(=O)=NS(=O)(=O)c1cccc(C(=O)N2CCCCC2C(=O)O)c1. The Hall–Kier alpha value is -1.94. The van der Waals surface area contributed by atoms with E-state index in [9.17, 15) is 27.3 Å². The Kier molecular flexibility index (Phi) is 5.52. The predicted octanol–water partition coefficient (Wildman–Crippen LogP) is 1.18. The summed E-state index contributed by atoms with van der Waals surface area (Å²) in [6.07, 6.45) is 4.17. The van der Waals surface area contributed by atoms with Gasteiger partial charge in [0, 0.05) is 24.6 Å². The van der Waals surface area contributed by atoms with E-state index in [0.29, 0.717) is 19.4 Å². The highest BCUT2D eigenvalue weighted by molar-refractivity contribution is 8.02. The van der Waals surface area contributed by atoms with Gasteiger partial charge in [-0.25, -0.2) is 9.00 Å². The van der Waals surface area contributed by atoms with Crippen LogP contribution in [0.25, 0.3) is 0 Å². The van der Waals surface area contributed by atoms with Crippen molar-refractivity contribution in [1.29, 1.82) is 0 Å². The summed E-state index contributed by atoms with van der Waals surface area (Å²) in [6, 6.07) is 4.27. The van der Waals surface area contributed by atoms with Crippen LogP contribution in [-0.4, -0.2) is 59.6 Å². The first-order valence-electron chi connectivity index (χ1n) is 7.58. The maximum absolute atomic E-state index is 12.7. The molecule has 2 rings (SSSR count). The Labute approximate surface area is 147 Å². The second-order valence-corrected chi connectivity index (χ2v) is 10.5. The number of carboxylic acids is 1. The zero-order chi connectivity index (χ0) is 18.8. The van der Waals surface area contributed by atoms with E-state index >= 15 is 0 Å². The zero-order valence-electron chi connectivity index (χ0n) is 13.9. The summed E-state index contributed by atoms with van der Waals surface area (Å²) in [5.74, 6) is -1.62. The minimum Gasteiger partial charge on any atom is -0.480 e. The third-order valence-electron chi connectivity index (χ3n) is 3.71. The molecule has 0 bridgehead atoms. The Morgan fingerprint density at radius 3 is 2.48 bits per heavy atom. The van der Waals surface area contributed by atoms with Crippen LogP contribution >= 0.6 is 0 Å². The van der Waals surface area contributed by atoms with Gasteiger partial charge in [-0.15, -0.1) is 3.77 Å². The van der Waals surface area contributed by atoms with Crippen LogP contribution in [0.1, 0.15) is 29.6 Å². The molecule has 0 spiro atoms. The second-order valence-electron chi connectivity index (χ2n) is 6.11. The number of hydrogen-bond donors (Lipinski definition) is 1. The average molecular weight is 388 g/mol. The van der Waals surface area contributed by atoms with Gasteiger partial charge in [0.25, 0.3) is 15.9 Å². The number of likely N-dealkylation sites (tertiary alicyclic amines) is 1. The number of carboxylic acid groups (broad SMARTS) is 1. The molecule has 0 aromatic heterocycles. The second kappa shape index (κ2) is 7.12. The molecule has 0 aliphatic carbocycles. The van der Waals surface area contributed by atoms with Crippen LogP contribution in [0.5, 0.6) is 0 Å². The van der Waals surface area contributed by atoms with Crippen molar-refractivity contribution in [1.82, 2.24) is 4.90 Å². The van der Waals surface area contributed by atoms with Crippen molar-refractivity contribution in [3.05, 3.63) is 29.8 Å². The molecule has 1 amide bonds. The lowest BCUT2D eigenvalue weighted by molar-refractivity contribution is -0.143. The fourth-order valence-electron chi connectivity index (χ4n) is 2.67. The summed E-state index contributed by atoms with van der Waals surface area (Å²) in [5.41, 5.74) is 0.0585. The van der Waals surface area contributed by atoms with Crippen molar-refractivity contribution >= 4 is 31.6 Å². The molecule has 0 radical (unpaired) electrons. The molecule has 1 fully saturated rings. The highest BCUT2D eigenvalue weighted by Crippen LogP contribution is 2.22. The molecule has 1 aromatic carbocycles. The smallest absolute Gasteiger partial charge is 0.326 e. The van der Waals surface area contributed by atoms with Crippen LogP contribution in [0.15, 0.2) is 32.9 Å². The van der Waals surface area contributed by atoms with Crippen LogP contribution < -0.4 is 0 Å². The van der Waals surface area contributed by atoms with Gasteiger partial charge in [0.05, 0.1) is 14.6 Å². The lowest BCUT2D eigenvalue weighted by Crippen LogP contribution is -2.48. The monoisotopic (exact) mass is 388 g/mol. The number of amides is 1. The number of aliphatic carboxylic acids is 1. The number of benzene rings is 1. The Morgan fingerprint density at radius 1 is 1.20 bits per heavy atom.